The van der Waals surface area contributed by atoms with Gasteiger partial charge >= 0.3 is 0 Å². The van der Waals surface area contributed by atoms with Crippen molar-refractivity contribution in [1.82, 2.24) is 5.32 Å². The number of rotatable bonds is 6. The minimum absolute atomic E-state index is 0.430. The Balaban J connectivity index is 0. The lowest BCUT2D eigenvalue weighted by Gasteiger charge is -2.13. The van der Waals surface area contributed by atoms with Gasteiger partial charge in [0.25, 0.3) is 10.1 Å². The van der Waals surface area contributed by atoms with Crippen LogP contribution in [0.1, 0.15) is 13.3 Å². The van der Waals surface area contributed by atoms with Crippen LogP contribution in [0.4, 0.5) is 0 Å². The fraction of sp³-hybridized carbons (Fsp3) is 0.400. The zero-order valence-corrected chi connectivity index (χ0v) is 10.9. The van der Waals surface area contributed by atoms with Crippen LogP contribution in [0, 0.1) is 0 Å². The summed E-state index contributed by atoms with van der Waals surface area (Å²) < 4.78 is 29.4. The summed E-state index contributed by atoms with van der Waals surface area (Å²) in [5, 5.41) is 2.38. The quantitative estimate of drug-likeness (QED) is 0.450. The van der Waals surface area contributed by atoms with Crippen molar-refractivity contribution in [2.24, 2.45) is 5.73 Å². The predicted octanol–water partition coefficient (Wildman–Crippen LogP) is -0.387. The molecule has 0 aromatic rings. The van der Waals surface area contributed by atoms with Crippen molar-refractivity contribution in [2.75, 3.05) is 5.75 Å². The normalized spacial score (nSPS) is 11.4. The SMILES string of the molecule is C=CC(=O)NC(CC)CS(=O)(=O)O.C=CC(N)=O. The molecule has 0 aromatic heterocycles. The second-order valence-corrected chi connectivity index (χ2v) is 4.67. The van der Waals surface area contributed by atoms with Crippen molar-refractivity contribution in [1.29, 1.82) is 0 Å². The molecule has 18 heavy (non-hydrogen) atoms. The summed E-state index contributed by atoms with van der Waals surface area (Å²) in [7, 11) is -4.04. The molecule has 0 saturated heterocycles. The molecule has 0 rings (SSSR count). The van der Waals surface area contributed by atoms with Gasteiger partial charge in [-0.05, 0) is 18.6 Å². The Morgan fingerprint density at radius 1 is 1.39 bits per heavy atom. The summed E-state index contributed by atoms with van der Waals surface area (Å²) >= 11 is 0. The van der Waals surface area contributed by atoms with E-state index in [1.807, 2.05) is 0 Å². The number of hydrogen-bond donors (Lipinski definition) is 3. The number of amides is 2. The minimum Gasteiger partial charge on any atom is -0.366 e. The van der Waals surface area contributed by atoms with Crippen LogP contribution in [0.15, 0.2) is 25.3 Å². The number of nitrogens with two attached hydrogens (primary N) is 1. The molecule has 0 aliphatic carbocycles. The highest BCUT2D eigenvalue weighted by molar-refractivity contribution is 7.85. The fourth-order valence-corrected chi connectivity index (χ4v) is 1.60. The Morgan fingerprint density at radius 3 is 2.06 bits per heavy atom. The summed E-state index contributed by atoms with van der Waals surface area (Å²) in [5.41, 5.74) is 4.53. The Labute approximate surface area is 106 Å². The molecule has 2 amide bonds. The Bertz CT molecular complexity index is 402. The van der Waals surface area contributed by atoms with Crippen LogP contribution >= 0.6 is 0 Å². The molecule has 7 nitrogen and oxygen atoms in total. The third-order valence-corrected chi connectivity index (χ3v) is 2.46. The largest absolute Gasteiger partial charge is 0.366 e. The van der Waals surface area contributed by atoms with Gasteiger partial charge in [0.1, 0.15) is 0 Å². The van der Waals surface area contributed by atoms with Crippen LogP contribution in [0.5, 0.6) is 0 Å². The van der Waals surface area contributed by atoms with Gasteiger partial charge in [0.2, 0.25) is 11.8 Å². The van der Waals surface area contributed by atoms with E-state index in [-0.39, 0.29) is 0 Å². The summed E-state index contributed by atoms with van der Waals surface area (Å²) in [6.45, 7) is 8.01. The zero-order chi connectivity index (χ0) is 14.8. The van der Waals surface area contributed by atoms with Crippen LogP contribution in [-0.4, -0.2) is 36.6 Å². The number of carbonyl (C=O) groups excluding carboxylic acids is 2. The lowest BCUT2D eigenvalue weighted by Crippen LogP contribution is -2.38. The van der Waals surface area contributed by atoms with Crippen molar-refractivity contribution in [3.05, 3.63) is 25.3 Å². The molecule has 0 aliphatic heterocycles. The van der Waals surface area contributed by atoms with Gasteiger partial charge in [0, 0.05) is 6.04 Å². The molecule has 0 radical (unpaired) electrons. The molecule has 4 N–H and O–H groups in total. The first-order chi connectivity index (χ1) is 8.16. The van der Waals surface area contributed by atoms with Gasteiger partial charge in [0.15, 0.2) is 0 Å². The van der Waals surface area contributed by atoms with E-state index in [0.29, 0.717) is 6.42 Å². The Hall–Kier alpha value is -1.67. The van der Waals surface area contributed by atoms with Crippen molar-refractivity contribution >= 4 is 21.9 Å². The summed E-state index contributed by atoms with van der Waals surface area (Å²) in [5.74, 6) is -1.40. The van der Waals surface area contributed by atoms with E-state index >= 15 is 0 Å². The van der Waals surface area contributed by atoms with E-state index in [1.54, 1.807) is 6.92 Å². The summed E-state index contributed by atoms with van der Waals surface area (Å²) in [6, 6.07) is -0.569. The van der Waals surface area contributed by atoms with E-state index in [4.69, 9.17) is 4.55 Å². The fourth-order valence-electron chi connectivity index (χ4n) is 0.776. The minimum atomic E-state index is -4.04. The third kappa shape index (κ3) is 14.3. The third-order valence-electron chi connectivity index (χ3n) is 1.64. The molecule has 1 unspecified atom stereocenters. The highest BCUT2D eigenvalue weighted by Gasteiger charge is 2.15. The van der Waals surface area contributed by atoms with Crippen molar-refractivity contribution in [3.8, 4) is 0 Å². The van der Waals surface area contributed by atoms with Crippen LogP contribution in [-0.2, 0) is 19.7 Å². The number of primary amides is 1. The highest BCUT2D eigenvalue weighted by Crippen LogP contribution is 1.95. The smallest absolute Gasteiger partial charge is 0.266 e. The maximum Gasteiger partial charge on any atom is 0.266 e. The van der Waals surface area contributed by atoms with Crippen LogP contribution in [0.3, 0.4) is 0 Å². The molecule has 104 valence electrons. The molecule has 8 heteroatoms. The van der Waals surface area contributed by atoms with Gasteiger partial charge in [-0.2, -0.15) is 8.42 Å². The maximum atomic E-state index is 10.8. The van der Waals surface area contributed by atoms with E-state index in [2.05, 4.69) is 24.2 Å². The van der Waals surface area contributed by atoms with Crippen LogP contribution in [0.25, 0.3) is 0 Å². The number of hydrogen-bond acceptors (Lipinski definition) is 4. The lowest BCUT2D eigenvalue weighted by atomic mass is 10.2. The first-order valence-corrected chi connectivity index (χ1v) is 6.57. The molecule has 0 fully saturated rings. The molecule has 0 aromatic carbocycles. The van der Waals surface area contributed by atoms with Crippen molar-refractivity contribution < 1.29 is 22.6 Å². The number of carbonyl (C=O) groups is 2. The van der Waals surface area contributed by atoms with Crippen LogP contribution < -0.4 is 11.1 Å². The van der Waals surface area contributed by atoms with Gasteiger partial charge in [0.05, 0.1) is 5.75 Å². The second-order valence-electron chi connectivity index (χ2n) is 3.17. The predicted molar refractivity (Wildman–Crippen MR) is 68.2 cm³/mol. The highest BCUT2D eigenvalue weighted by atomic mass is 32.2. The van der Waals surface area contributed by atoms with Gasteiger partial charge in [-0.1, -0.05) is 20.1 Å². The average molecular weight is 278 g/mol. The van der Waals surface area contributed by atoms with Gasteiger partial charge in [-0.25, -0.2) is 0 Å². The standard InChI is InChI=1S/C7H13NO4S.C3H5NO/c1-3-6(5-13(10,11)12)8-7(9)4-2;1-2-3(4)5/h4,6H,2-3,5H2,1H3,(H,8,9)(H,10,11,12);2H,1H2,(H2,4,5). The first kappa shape index (κ1) is 18.7. The Morgan fingerprint density at radius 2 is 1.83 bits per heavy atom. The average Bonchev–Trinajstić information content (AvgIpc) is 2.26. The van der Waals surface area contributed by atoms with Crippen LogP contribution in [0.2, 0.25) is 0 Å². The molecular formula is C10H18N2O5S. The lowest BCUT2D eigenvalue weighted by molar-refractivity contribution is -0.117. The molecule has 0 aliphatic rings. The molecule has 1 atom stereocenters. The second kappa shape index (κ2) is 9.37. The van der Waals surface area contributed by atoms with E-state index in [9.17, 15) is 18.0 Å². The Kier molecular flexibility index (Phi) is 9.73. The molecular weight excluding hydrogens is 260 g/mol. The van der Waals surface area contributed by atoms with E-state index in [1.165, 1.54) is 0 Å². The maximum absolute atomic E-state index is 10.8. The monoisotopic (exact) mass is 278 g/mol. The van der Waals surface area contributed by atoms with Gasteiger partial charge in [-0.3, -0.25) is 14.1 Å². The van der Waals surface area contributed by atoms with Gasteiger partial charge < -0.3 is 11.1 Å². The number of nitrogens with one attached hydrogen (secondary N) is 1. The molecule has 0 spiro atoms. The van der Waals surface area contributed by atoms with E-state index < -0.39 is 33.7 Å². The van der Waals surface area contributed by atoms with Crippen molar-refractivity contribution in [3.63, 3.8) is 0 Å². The molecule has 0 saturated carbocycles. The first-order valence-electron chi connectivity index (χ1n) is 4.96. The molecule has 0 bridgehead atoms. The summed E-state index contributed by atoms with van der Waals surface area (Å²) in [4.78, 5) is 20.2. The zero-order valence-electron chi connectivity index (χ0n) is 10.1. The topological polar surface area (TPSA) is 127 Å². The van der Waals surface area contributed by atoms with Gasteiger partial charge in [-0.15, -0.1) is 0 Å². The summed E-state index contributed by atoms with van der Waals surface area (Å²) in [6.07, 6.45) is 2.53. The van der Waals surface area contributed by atoms with E-state index in [0.717, 1.165) is 12.2 Å². The van der Waals surface area contributed by atoms with Crippen molar-refractivity contribution in [2.45, 2.75) is 19.4 Å². The molecule has 0 heterocycles.